The second-order valence-electron chi connectivity index (χ2n) is 4.28. The van der Waals surface area contributed by atoms with E-state index in [1.54, 1.807) is 36.4 Å². The summed E-state index contributed by atoms with van der Waals surface area (Å²) < 4.78 is 11.0. The second-order valence-corrected chi connectivity index (χ2v) is 4.28. The van der Waals surface area contributed by atoms with Crippen molar-refractivity contribution in [1.82, 2.24) is 0 Å². The van der Waals surface area contributed by atoms with Crippen LogP contribution in [0.25, 0.3) is 0 Å². The van der Waals surface area contributed by atoms with Gasteiger partial charge in [0.05, 0.1) is 31.2 Å². The number of rotatable bonds is 4. The molecule has 5 heteroatoms. The van der Waals surface area contributed by atoms with E-state index in [1.165, 1.54) is 7.11 Å². The third-order valence-corrected chi connectivity index (χ3v) is 2.90. The molecule has 104 valence electrons. The summed E-state index contributed by atoms with van der Waals surface area (Å²) in [6.45, 7) is 0. The summed E-state index contributed by atoms with van der Waals surface area (Å²) >= 11 is 0. The van der Waals surface area contributed by atoms with Crippen molar-refractivity contribution >= 4 is 5.69 Å². The van der Waals surface area contributed by atoms with Gasteiger partial charge in [-0.2, -0.15) is 10.5 Å². The Bertz CT molecular complexity index is 742. The van der Waals surface area contributed by atoms with Gasteiger partial charge in [-0.25, -0.2) is 0 Å². The Morgan fingerprint density at radius 1 is 1.10 bits per heavy atom. The van der Waals surface area contributed by atoms with E-state index < -0.39 is 0 Å². The van der Waals surface area contributed by atoms with Crippen LogP contribution in [0.3, 0.4) is 0 Å². The minimum absolute atomic E-state index is 0.216. The molecule has 0 aliphatic heterocycles. The average molecular weight is 279 g/mol. The lowest BCUT2D eigenvalue weighted by atomic mass is 10.1. The first-order valence-corrected chi connectivity index (χ1v) is 6.19. The van der Waals surface area contributed by atoms with Crippen LogP contribution < -0.4 is 15.2 Å². The van der Waals surface area contributed by atoms with E-state index in [0.29, 0.717) is 34.1 Å². The molecule has 5 nitrogen and oxygen atoms in total. The van der Waals surface area contributed by atoms with Crippen molar-refractivity contribution in [2.75, 3.05) is 12.8 Å². The fraction of sp³-hybridized carbons (Fsp3) is 0.125. The summed E-state index contributed by atoms with van der Waals surface area (Å²) in [6.07, 6.45) is 0.216. The number of hydrogen-bond acceptors (Lipinski definition) is 5. The first kappa shape index (κ1) is 14.2. The van der Waals surface area contributed by atoms with Crippen LogP contribution in [0.4, 0.5) is 5.69 Å². The van der Waals surface area contributed by atoms with Crippen molar-refractivity contribution in [2.45, 2.75) is 6.42 Å². The molecular weight excluding hydrogens is 266 g/mol. The van der Waals surface area contributed by atoms with Crippen LogP contribution in [0.2, 0.25) is 0 Å². The number of nitriles is 2. The summed E-state index contributed by atoms with van der Waals surface area (Å²) in [5, 5.41) is 17.6. The number of methoxy groups -OCH3 is 1. The molecule has 21 heavy (non-hydrogen) atoms. The van der Waals surface area contributed by atoms with Crippen molar-refractivity contribution < 1.29 is 9.47 Å². The fourth-order valence-corrected chi connectivity index (χ4v) is 1.83. The molecule has 2 rings (SSSR count). The Hall–Kier alpha value is -3.18. The smallest absolute Gasteiger partial charge is 0.169 e. The predicted molar refractivity (Wildman–Crippen MR) is 78.0 cm³/mol. The molecule has 0 bridgehead atoms. The maximum absolute atomic E-state index is 8.87. The molecule has 0 fully saturated rings. The molecule has 2 N–H and O–H groups in total. The quantitative estimate of drug-likeness (QED) is 0.868. The van der Waals surface area contributed by atoms with E-state index in [0.717, 1.165) is 0 Å². The van der Waals surface area contributed by atoms with Gasteiger partial charge in [-0.3, -0.25) is 0 Å². The highest BCUT2D eigenvalue weighted by Gasteiger charge is 2.08. The Labute approximate surface area is 122 Å². The summed E-state index contributed by atoms with van der Waals surface area (Å²) in [6, 6.07) is 14.1. The maximum atomic E-state index is 8.87. The fourth-order valence-electron chi connectivity index (χ4n) is 1.83. The number of nitrogens with two attached hydrogens (primary N) is 1. The Kier molecular flexibility index (Phi) is 4.28. The third kappa shape index (κ3) is 3.23. The van der Waals surface area contributed by atoms with E-state index in [4.69, 9.17) is 25.7 Å². The summed E-state index contributed by atoms with van der Waals surface area (Å²) in [4.78, 5) is 0. The van der Waals surface area contributed by atoms with Gasteiger partial charge < -0.3 is 15.2 Å². The largest absolute Gasteiger partial charge is 0.493 e. The normalized spacial score (nSPS) is 9.48. The molecule has 0 radical (unpaired) electrons. The van der Waals surface area contributed by atoms with Crippen LogP contribution >= 0.6 is 0 Å². The molecule has 0 spiro atoms. The summed E-state index contributed by atoms with van der Waals surface area (Å²) in [7, 11) is 1.51. The van der Waals surface area contributed by atoms with Crippen molar-refractivity contribution in [3.05, 3.63) is 47.5 Å². The van der Waals surface area contributed by atoms with Gasteiger partial charge in [0.15, 0.2) is 11.5 Å². The van der Waals surface area contributed by atoms with Gasteiger partial charge in [0.25, 0.3) is 0 Å². The highest BCUT2D eigenvalue weighted by atomic mass is 16.5. The highest BCUT2D eigenvalue weighted by Crippen LogP contribution is 2.33. The number of nitrogens with zero attached hydrogens (tertiary/aromatic N) is 2. The monoisotopic (exact) mass is 279 g/mol. The first-order chi connectivity index (χ1) is 10.2. The molecule has 0 aromatic heterocycles. The van der Waals surface area contributed by atoms with Gasteiger partial charge in [0.1, 0.15) is 5.75 Å². The molecule has 0 unspecified atom stereocenters. The number of nitrogen functional groups attached to an aromatic ring is 1. The second kappa shape index (κ2) is 6.31. The minimum atomic E-state index is 0.216. The zero-order chi connectivity index (χ0) is 15.2. The van der Waals surface area contributed by atoms with Crippen LogP contribution in [-0.4, -0.2) is 7.11 Å². The molecule has 0 saturated carbocycles. The Balaban J connectivity index is 2.32. The number of ether oxygens (including phenoxy) is 2. The molecule has 0 aliphatic rings. The van der Waals surface area contributed by atoms with Crippen LogP contribution in [-0.2, 0) is 6.42 Å². The average Bonchev–Trinajstić information content (AvgIpc) is 2.51. The van der Waals surface area contributed by atoms with Gasteiger partial charge in [0, 0.05) is 11.8 Å². The molecular formula is C16H13N3O2. The van der Waals surface area contributed by atoms with Crippen molar-refractivity contribution in [1.29, 1.82) is 10.5 Å². The number of hydrogen-bond donors (Lipinski definition) is 1. The lowest BCUT2D eigenvalue weighted by molar-refractivity contribution is 0.378. The first-order valence-electron chi connectivity index (χ1n) is 6.19. The topological polar surface area (TPSA) is 92.1 Å². The summed E-state index contributed by atoms with van der Waals surface area (Å²) in [5.41, 5.74) is 7.55. The lowest BCUT2D eigenvalue weighted by Crippen LogP contribution is -1.95. The Morgan fingerprint density at radius 2 is 1.90 bits per heavy atom. The standard InChI is InChI=1S/C16H13N3O2/c1-20-16-8-11(10-18)2-5-15(16)21-13-3-4-14(19)12(9-13)6-7-17/h2-5,8-9H,6,19H2,1H3. The lowest BCUT2D eigenvalue weighted by Gasteiger charge is -2.12. The van der Waals surface area contributed by atoms with Crippen molar-refractivity contribution in [3.63, 3.8) is 0 Å². The van der Waals surface area contributed by atoms with Gasteiger partial charge >= 0.3 is 0 Å². The molecule has 2 aromatic rings. The molecule has 2 aromatic carbocycles. The van der Waals surface area contributed by atoms with Gasteiger partial charge in [-0.15, -0.1) is 0 Å². The van der Waals surface area contributed by atoms with E-state index in [2.05, 4.69) is 6.07 Å². The van der Waals surface area contributed by atoms with Crippen LogP contribution in [0.1, 0.15) is 11.1 Å². The van der Waals surface area contributed by atoms with Gasteiger partial charge in [-0.1, -0.05) is 0 Å². The highest BCUT2D eigenvalue weighted by molar-refractivity contribution is 5.54. The van der Waals surface area contributed by atoms with Crippen molar-refractivity contribution in [3.8, 4) is 29.4 Å². The van der Waals surface area contributed by atoms with Crippen LogP contribution in [0.5, 0.6) is 17.2 Å². The van der Waals surface area contributed by atoms with E-state index in [-0.39, 0.29) is 6.42 Å². The molecule has 0 atom stereocenters. The maximum Gasteiger partial charge on any atom is 0.169 e. The van der Waals surface area contributed by atoms with E-state index in [9.17, 15) is 0 Å². The predicted octanol–water partition coefficient (Wildman–Crippen LogP) is 3.01. The zero-order valence-electron chi connectivity index (χ0n) is 11.5. The molecule has 0 heterocycles. The van der Waals surface area contributed by atoms with E-state index >= 15 is 0 Å². The summed E-state index contributed by atoms with van der Waals surface area (Å²) in [5.74, 6) is 1.51. The Morgan fingerprint density at radius 3 is 2.57 bits per heavy atom. The zero-order valence-corrected chi connectivity index (χ0v) is 11.5. The number of anilines is 1. The van der Waals surface area contributed by atoms with Crippen LogP contribution in [0, 0.1) is 22.7 Å². The molecule has 0 amide bonds. The molecule has 0 aliphatic carbocycles. The van der Waals surface area contributed by atoms with E-state index in [1.807, 2.05) is 6.07 Å². The van der Waals surface area contributed by atoms with Gasteiger partial charge in [0.2, 0.25) is 0 Å². The SMILES string of the molecule is COc1cc(C#N)ccc1Oc1ccc(N)c(CC#N)c1. The van der Waals surface area contributed by atoms with Crippen molar-refractivity contribution in [2.24, 2.45) is 0 Å². The minimum Gasteiger partial charge on any atom is -0.493 e. The van der Waals surface area contributed by atoms with Gasteiger partial charge in [-0.05, 0) is 35.9 Å². The third-order valence-electron chi connectivity index (χ3n) is 2.90. The number of benzene rings is 2. The molecule has 0 saturated heterocycles. The van der Waals surface area contributed by atoms with Crippen LogP contribution in [0.15, 0.2) is 36.4 Å².